The van der Waals surface area contributed by atoms with Crippen LogP contribution in [0.4, 0.5) is 5.69 Å². The summed E-state index contributed by atoms with van der Waals surface area (Å²) < 4.78 is 12.5. The Morgan fingerprint density at radius 3 is 2.44 bits per heavy atom. The van der Waals surface area contributed by atoms with Crippen molar-refractivity contribution in [2.75, 3.05) is 20.8 Å². The quantitative estimate of drug-likeness (QED) is 0.175. The molecule has 0 bridgehead atoms. The highest BCUT2D eigenvalue weighted by atomic mass is 35.5. The Kier molecular flexibility index (Phi) is 8.44. The van der Waals surface area contributed by atoms with Crippen LogP contribution in [-0.2, 0) is 6.54 Å². The summed E-state index contributed by atoms with van der Waals surface area (Å²) in [5, 5.41) is 16.5. The van der Waals surface area contributed by atoms with E-state index in [2.05, 4.69) is 4.98 Å². The van der Waals surface area contributed by atoms with Crippen LogP contribution in [0.15, 0.2) is 60.9 Å². The van der Waals surface area contributed by atoms with Gasteiger partial charge in [0.05, 0.1) is 42.3 Å². The topological polar surface area (TPSA) is 126 Å². The lowest BCUT2D eigenvalue weighted by molar-refractivity contribution is -0.384. The minimum absolute atomic E-state index is 0.0319. The zero-order valence-corrected chi connectivity index (χ0v) is 23.5. The number of amides is 1. The van der Waals surface area contributed by atoms with Crippen LogP contribution < -0.4 is 9.47 Å². The van der Waals surface area contributed by atoms with Gasteiger partial charge in [0, 0.05) is 42.2 Å². The number of nitro benzene ring substituents is 1. The molecular formula is C29H29ClN6O5. The molecule has 0 saturated heterocycles. The summed E-state index contributed by atoms with van der Waals surface area (Å²) in [5.41, 5.74) is 1.70. The third-order valence-electron chi connectivity index (χ3n) is 7.23. The van der Waals surface area contributed by atoms with Gasteiger partial charge in [-0.25, -0.2) is 9.67 Å². The van der Waals surface area contributed by atoms with Gasteiger partial charge in [0.1, 0.15) is 11.5 Å². The minimum atomic E-state index is -0.510. The molecular weight excluding hydrogens is 548 g/mol. The van der Waals surface area contributed by atoms with Crippen LogP contribution in [0.1, 0.15) is 36.0 Å². The largest absolute Gasteiger partial charge is 0.496 e. The fourth-order valence-corrected chi connectivity index (χ4v) is 5.39. The molecule has 1 aliphatic carbocycles. The van der Waals surface area contributed by atoms with E-state index in [1.807, 2.05) is 23.1 Å². The summed E-state index contributed by atoms with van der Waals surface area (Å²) in [5.74, 6) is 1.58. The van der Waals surface area contributed by atoms with E-state index in [4.69, 9.17) is 31.2 Å². The first-order valence-electron chi connectivity index (χ1n) is 13.2. The van der Waals surface area contributed by atoms with Gasteiger partial charge in [0.2, 0.25) is 0 Å². The Balaban J connectivity index is 1.49. The molecule has 0 atom stereocenters. The van der Waals surface area contributed by atoms with Crippen LogP contribution in [0, 0.1) is 10.1 Å². The molecule has 11 nitrogen and oxygen atoms in total. The number of hydrogen-bond acceptors (Lipinski definition) is 8. The lowest BCUT2D eigenvalue weighted by Gasteiger charge is -2.29. The van der Waals surface area contributed by atoms with E-state index >= 15 is 0 Å². The van der Waals surface area contributed by atoms with Gasteiger partial charge in [0.25, 0.3) is 11.6 Å². The second kappa shape index (κ2) is 12.3. The van der Waals surface area contributed by atoms with Crippen molar-refractivity contribution in [1.82, 2.24) is 24.6 Å². The molecule has 2 aromatic carbocycles. The van der Waals surface area contributed by atoms with E-state index in [0.29, 0.717) is 35.5 Å². The van der Waals surface area contributed by atoms with Gasteiger partial charge >= 0.3 is 0 Å². The third kappa shape index (κ3) is 5.99. The van der Waals surface area contributed by atoms with E-state index < -0.39 is 4.92 Å². The normalized spacial score (nSPS) is 13.2. The molecule has 1 fully saturated rings. The first kappa shape index (κ1) is 28.0. The van der Waals surface area contributed by atoms with Gasteiger partial charge < -0.3 is 14.4 Å². The Labute approximate surface area is 241 Å². The Morgan fingerprint density at radius 1 is 1.05 bits per heavy atom. The molecule has 1 saturated carbocycles. The molecule has 0 radical (unpaired) electrons. The number of carbonyl (C=O) groups is 1. The Morgan fingerprint density at radius 2 is 1.78 bits per heavy atom. The summed E-state index contributed by atoms with van der Waals surface area (Å²) in [6.45, 7) is 0.703. The number of carbonyl (C=O) groups excluding carboxylic acids is 1. The molecule has 1 aliphatic rings. The van der Waals surface area contributed by atoms with E-state index in [9.17, 15) is 14.9 Å². The van der Waals surface area contributed by atoms with Crippen molar-refractivity contribution in [1.29, 1.82) is 0 Å². The molecule has 0 N–H and O–H groups in total. The molecule has 41 heavy (non-hydrogen) atoms. The smallest absolute Gasteiger partial charge is 0.273 e. The van der Waals surface area contributed by atoms with Crippen molar-refractivity contribution in [2.24, 2.45) is 0 Å². The summed E-state index contributed by atoms with van der Waals surface area (Å²) >= 11 is 6.44. The number of nitro groups is 1. The van der Waals surface area contributed by atoms with Crippen LogP contribution in [0.25, 0.3) is 22.8 Å². The van der Waals surface area contributed by atoms with Gasteiger partial charge in [-0.05, 0) is 49.2 Å². The minimum Gasteiger partial charge on any atom is -0.496 e. The Hall–Kier alpha value is -4.51. The lowest BCUT2D eigenvalue weighted by atomic mass is 10.1. The van der Waals surface area contributed by atoms with Gasteiger partial charge in [-0.1, -0.05) is 24.4 Å². The monoisotopic (exact) mass is 576 g/mol. The van der Waals surface area contributed by atoms with Crippen LogP contribution in [0.5, 0.6) is 11.5 Å². The van der Waals surface area contributed by atoms with E-state index in [-0.39, 0.29) is 28.9 Å². The molecule has 0 unspecified atom stereocenters. The van der Waals surface area contributed by atoms with Crippen LogP contribution in [0.2, 0.25) is 5.02 Å². The van der Waals surface area contributed by atoms with Crippen molar-refractivity contribution < 1.29 is 19.2 Å². The number of non-ortho nitro benzene ring substituents is 1. The molecule has 12 heteroatoms. The fourth-order valence-electron chi connectivity index (χ4n) is 5.13. The maximum absolute atomic E-state index is 13.9. The standard InChI is InChI=1S/C29H29ClN6O5/c1-40-25-10-7-20(17-24(25)30)28-32-27(19-11-13-31-14-12-19)33-35(28)16-15-34(21-5-3-4-6-21)29(37)23-9-8-22(36(38)39)18-26(23)41-2/h7-14,17-18,21H,3-6,15-16H2,1-2H3. The second-order valence-corrected chi connectivity index (χ2v) is 10.1. The van der Waals surface area contributed by atoms with Crippen molar-refractivity contribution >= 4 is 23.2 Å². The lowest BCUT2D eigenvalue weighted by Crippen LogP contribution is -2.41. The van der Waals surface area contributed by atoms with Crippen molar-refractivity contribution in [3.63, 3.8) is 0 Å². The summed E-state index contributed by atoms with van der Waals surface area (Å²) in [4.78, 5) is 35.4. The van der Waals surface area contributed by atoms with Crippen molar-refractivity contribution in [3.8, 4) is 34.3 Å². The SMILES string of the molecule is COc1ccc(-c2nc(-c3ccncc3)nn2CCN(C(=O)c2ccc([N+](=O)[O-])cc2OC)C2CCCC2)cc1Cl. The predicted molar refractivity (Wildman–Crippen MR) is 153 cm³/mol. The molecule has 0 aliphatic heterocycles. The molecule has 212 valence electrons. The molecule has 2 heterocycles. The molecule has 2 aromatic heterocycles. The van der Waals surface area contributed by atoms with Crippen molar-refractivity contribution in [3.05, 3.63) is 81.6 Å². The van der Waals surface area contributed by atoms with Gasteiger partial charge in [-0.15, -0.1) is 0 Å². The number of pyridine rings is 1. The summed E-state index contributed by atoms with van der Waals surface area (Å²) in [6, 6.07) is 13.2. The average molecular weight is 577 g/mol. The van der Waals surface area contributed by atoms with Gasteiger partial charge in [-0.2, -0.15) is 5.10 Å². The molecule has 0 spiro atoms. The number of rotatable bonds is 10. The fraction of sp³-hybridized carbons (Fsp3) is 0.310. The summed E-state index contributed by atoms with van der Waals surface area (Å²) in [6.07, 6.45) is 7.16. The van der Waals surface area contributed by atoms with E-state index in [1.165, 1.54) is 25.3 Å². The van der Waals surface area contributed by atoms with E-state index in [0.717, 1.165) is 36.8 Å². The molecule has 1 amide bonds. The maximum Gasteiger partial charge on any atom is 0.273 e. The average Bonchev–Trinajstić information content (AvgIpc) is 3.68. The number of nitrogens with zero attached hydrogens (tertiary/aromatic N) is 6. The van der Waals surface area contributed by atoms with Crippen LogP contribution in [-0.4, -0.2) is 62.3 Å². The number of benzene rings is 2. The summed E-state index contributed by atoms with van der Waals surface area (Å²) in [7, 11) is 2.96. The number of aromatic nitrogens is 4. The highest BCUT2D eigenvalue weighted by Gasteiger charge is 2.30. The van der Waals surface area contributed by atoms with Gasteiger partial charge in [-0.3, -0.25) is 19.9 Å². The number of hydrogen-bond donors (Lipinski definition) is 0. The van der Waals surface area contributed by atoms with E-state index in [1.54, 1.807) is 36.3 Å². The van der Waals surface area contributed by atoms with Crippen LogP contribution in [0.3, 0.4) is 0 Å². The highest BCUT2D eigenvalue weighted by Crippen LogP contribution is 2.32. The third-order valence-corrected chi connectivity index (χ3v) is 7.52. The number of ether oxygens (including phenoxy) is 2. The number of halogens is 1. The Bertz CT molecular complexity index is 1550. The number of methoxy groups -OCH3 is 2. The zero-order chi connectivity index (χ0) is 28.9. The van der Waals surface area contributed by atoms with Crippen LogP contribution >= 0.6 is 11.6 Å². The molecule has 4 aromatic rings. The first-order valence-corrected chi connectivity index (χ1v) is 13.6. The molecule has 5 rings (SSSR count). The van der Waals surface area contributed by atoms with Crippen molar-refractivity contribution in [2.45, 2.75) is 38.3 Å². The zero-order valence-electron chi connectivity index (χ0n) is 22.7. The highest BCUT2D eigenvalue weighted by molar-refractivity contribution is 6.32. The first-order chi connectivity index (χ1) is 19.9. The predicted octanol–water partition coefficient (Wildman–Crippen LogP) is 5.67. The second-order valence-electron chi connectivity index (χ2n) is 9.65. The maximum atomic E-state index is 13.9. The van der Waals surface area contributed by atoms with Gasteiger partial charge in [0.15, 0.2) is 11.6 Å².